The number of nitrogens with zero attached hydrogens (tertiary/aromatic N) is 3. The van der Waals surface area contributed by atoms with Crippen LogP contribution in [0.5, 0.6) is 0 Å². The zero-order valence-electron chi connectivity index (χ0n) is 16.8. The Kier molecular flexibility index (Phi) is 6.83. The van der Waals surface area contributed by atoms with Crippen molar-refractivity contribution in [1.82, 2.24) is 14.2 Å². The van der Waals surface area contributed by atoms with Crippen molar-refractivity contribution in [2.45, 2.75) is 20.4 Å². The van der Waals surface area contributed by atoms with Gasteiger partial charge in [0.05, 0.1) is 17.6 Å². The molecule has 0 saturated carbocycles. The average Bonchev–Trinajstić information content (AvgIpc) is 2.70. The third-order valence-electron chi connectivity index (χ3n) is 4.85. The molecule has 29 heavy (non-hydrogen) atoms. The van der Waals surface area contributed by atoms with Crippen molar-refractivity contribution in [3.05, 3.63) is 53.9 Å². The smallest absolute Gasteiger partial charge is 0.308 e. The number of pyridine rings is 1. The quantitative estimate of drug-likeness (QED) is 0.753. The Morgan fingerprint density at radius 1 is 1.07 bits per heavy atom. The van der Waals surface area contributed by atoms with Crippen molar-refractivity contribution < 1.29 is 13.2 Å². The highest BCUT2D eigenvalue weighted by Gasteiger charge is 2.25. The predicted octanol–water partition coefficient (Wildman–Crippen LogP) is 2.50. The molecule has 1 aliphatic heterocycles. The lowest BCUT2D eigenvalue weighted by molar-refractivity contribution is 0.182. The van der Waals surface area contributed by atoms with Crippen LogP contribution >= 0.6 is 0 Å². The number of aryl methyl sites for hydroxylation is 1. The summed E-state index contributed by atoms with van der Waals surface area (Å²) in [5, 5.41) is 5.59. The number of hydrogen-bond acceptors (Lipinski definition) is 5. The summed E-state index contributed by atoms with van der Waals surface area (Å²) in [4.78, 5) is 18.6. The summed E-state index contributed by atoms with van der Waals surface area (Å²) in [6.45, 7) is 6.68. The molecule has 0 aliphatic carbocycles. The first-order valence-electron chi connectivity index (χ1n) is 9.65. The number of hydrogen-bond donors (Lipinski definition) is 2. The summed E-state index contributed by atoms with van der Waals surface area (Å²) in [6.07, 6.45) is 1.61. The third-order valence-corrected chi connectivity index (χ3v) is 6.73. The fraction of sp³-hybridized carbons (Fsp3) is 0.400. The minimum absolute atomic E-state index is 0.140. The fourth-order valence-electron chi connectivity index (χ4n) is 3.19. The van der Waals surface area contributed by atoms with E-state index in [1.54, 1.807) is 23.5 Å². The first kappa shape index (κ1) is 21.2. The summed E-state index contributed by atoms with van der Waals surface area (Å²) < 4.78 is 25.5. The summed E-state index contributed by atoms with van der Waals surface area (Å²) in [6, 6.07) is 11.0. The van der Waals surface area contributed by atoms with Gasteiger partial charge in [0.15, 0.2) is 0 Å². The number of urea groups is 1. The van der Waals surface area contributed by atoms with Crippen molar-refractivity contribution in [2.24, 2.45) is 0 Å². The number of benzene rings is 1. The number of anilines is 2. The Hall–Kier alpha value is -2.49. The van der Waals surface area contributed by atoms with Crippen LogP contribution in [-0.4, -0.2) is 60.6 Å². The lowest BCUT2D eigenvalue weighted by Crippen LogP contribution is -2.48. The largest absolute Gasteiger partial charge is 0.323 e. The van der Waals surface area contributed by atoms with Gasteiger partial charge in [-0.25, -0.2) is 13.2 Å². The molecule has 2 heterocycles. The Labute approximate surface area is 172 Å². The minimum atomic E-state index is -3.12. The second kappa shape index (κ2) is 9.34. The molecule has 9 heteroatoms. The Balaban J connectivity index is 1.53. The van der Waals surface area contributed by atoms with Crippen molar-refractivity contribution >= 4 is 27.4 Å². The second-order valence-electron chi connectivity index (χ2n) is 7.04. The van der Waals surface area contributed by atoms with Crippen molar-refractivity contribution in [2.75, 3.05) is 42.6 Å². The molecular weight excluding hydrogens is 390 g/mol. The highest BCUT2D eigenvalue weighted by atomic mass is 32.2. The molecule has 0 bridgehead atoms. The summed E-state index contributed by atoms with van der Waals surface area (Å²) in [5.74, 6) is 0.140. The van der Waals surface area contributed by atoms with Crippen LogP contribution in [0, 0.1) is 6.92 Å². The van der Waals surface area contributed by atoms with E-state index in [1.807, 2.05) is 37.3 Å². The number of carbonyl (C=O) groups excluding carboxylic acids is 1. The van der Waals surface area contributed by atoms with E-state index >= 15 is 0 Å². The number of rotatable bonds is 6. The van der Waals surface area contributed by atoms with Gasteiger partial charge >= 0.3 is 6.03 Å². The monoisotopic (exact) mass is 417 g/mol. The number of amides is 2. The van der Waals surface area contributed by atoms with Crippen LogP contribution in [0.1, 0.15) is 18.2 Å². The number of aromatic nitrogens is 1. The minimum Gasteiger partial charge on any atom is -0.308 e. The molecule has 1 aromatic carbocycles. The van der Waals surface area contributed by atoms with E-state index in [1.165, 1.54) is 0 Å². The van der Waals surface area contributed by atoms with E-state index in [2.05, 4.69) is 20.5 Å². The molecule has 2 N–H and O–H groups in total. The van der Waals surface area contributed by atoms with Gasteiger partial charge in [-0.05, 0) is 43.7 Å². The third kappa shape index (κ3) is 5.99. The molecule has 0 atom stereocenters. The van der Waals surface area contributed by atoms with E-state index in [9.17, 15) is 13.2 Å². The van der Waals surface area contributed by atoms with Gasteiger partial charge in [0.1, 0.15) is 0 Å². The van der Waals surface area contributed by atoms with Gasteiger partial charge in [0.2, 0.25) is 10.0 Å². The second-order valence-corrected chi connectivity index (χ2v) is 9.30. The molecule has 0 radical (unpaired) electrons. The molecule has 0 spiro atoms. The molecule has 1 aliphatic rings. The van der Waals surface area contributed by atoms with E-state index in [4.69, 9.17) is 0 Å². The van der Waals surface area contributed by atoms with E-state index in [-0.39, 0.29) is 11.8 Å². The van der Waals surface area contributed by atoms with Crippen molar-refractivity contribution in [3.63, 3.8) is 0 Å². The molecule has 156 valence electrons. The Bertz CT molecular complexity index is 939. The molecule has 2 aromatic rings. The summed E-state index contributed by atoms with van der Waals surface area (Å²) in [5.41, 5.74) is 3.28. The molecule has 2 amide bonds. The Morgan fingerprint density at radius 2 is 1.79 bits per heavy atom. The molecule has 8 nitrogen and oxygen atoms in total. The van der Waals surface area contributed by atoms with Gasteiger partial charge in [-0.3, -0.25) is 9.88 Å². The van der Waals surface area contributed by atoms with Crippen LogP contribution in [0.15, 0.2) is 42.6 Å². The molecule has 3 rings (SSSR count). The van der Waals surface area contributed by atoms with Gasteiger partial charge in [-0.15, -0.1) is 0 Å². The van der Waals surface area contributed by atoms with Crippen molar-refractivity contribution in [1.29, 1.82) is 0 Å². The number of nitrogens with one attached hydrogen (secondary N) is 2. The van der Waals surface area contributed by atoms with Gasteiger partial charge in [0, 0.05) is 44.1 Å². The average molecular weight is 418 g/mol. The Morgan fingerprint density at radius 3 is 2.45 bits per heavy atom. The number of sulfonamides is 1. The van der Waals surface area contributed by atoms with Crippen LogP contribution in [0.25, 0.3) is 0 Å². The van der Waals surface area contributed by atoms with E-state index in [0.717, 1.165) is 11.3 Å². The molecule has 1 aromatic heterocycles. The maximum atomic E-state index is 12.2. The number of piperazine rings is 1. The van der Waals surface area contributed by atoms with E-state index in [0.29, 0.717) is 44.1 Å². The highest BCUT2D eigenvalue weighted by Crippen LogP contribution is 2.16. The normalized spacial score (nSPS) is 15.8. The lowest BCUT2D eigenvalue weighted by Gasteiger charge is -2.33. The van der Waals surface area contributed by atoms with Gasteiger partial charge < -0.3 is 10.6 Å². The SMILES string of the molecule is CCS(=O)(=O)N1CCN(Cc2cccc(NC(=O)Nc3ccc(C)nc3)c2)CC1. The fourth-order valence-corrected chi connectivity index (χ4v) is 4.27. The van der Waals surface area contributed by atoms with Gasteiger partial charge in [0.25, 0.3) is 0 Å². The maximum absolute atomic E-state index is 12.2. The van der Waals surface area contributed by atoms with Gasteiger partial charge in [-0.1, -0.05) is 12.1 Å². The maximum Gasteiger partial charge on any atom is 0.323 e. The number of carbonyl (C=O) groups is 1. The van der Waals surface area contributed by atoms with E-state index < -0.39 is 10.0 Å². The first-order chi connectivity index (χ1) is 13.9. The van der Waals surface area contributed by atoms with Gasteiger partial charge in [-0.2, -0.15) is 4.31 Å². The van der Waals surface area contributed by atoms with Crippen LogP contribution in [0.4, 0.5) is 16.2 Å². The zero-order chi connectivity index (χ0) is 20.9. The molecular formula is C20H27N5O3S. The summed E-state index contributed by atoms with van der Waals surface area (Å²) in [7, 11) is -3.12. The van der Waals surface area contributed by atoms with Crippen LogP contribution in [0.2, 0.25) is 0 Å². The zero-order valence-corrected chi connectivity index (χ0v) is 17.6. The molecule has 1 fully saturated rings. The topological polar surface area (TPSA) is 94.6 Å². The summed E-state index contributed by atoms with van der Waals surface area (Å²) >= 11 is 0. The van der Waals surface area contributed by atoms with Crippen LogP contribution in [-0.2, 0) is 16.6 Å². The lowest BCUT2D eigenvalue weighted by atomic mass is 10.2. The molecule has 0 unspecified atom stereocenters. The van der Waals surface area contributed by atoms with Crippen molar-refractivity contribution in [3.8, 4) is 0 Å². The highest BCUT2D eigenvalue weighted by molar-refractivity contribution is 7.89. The van der Waals surface area contributed by atoms with Crippen LogP contribution in [0.3, 0.4) is 0 Å². The standard InChI is InChI=1S/C20H27N5O3S/c1-3-29(27,28)25-11-9-24(10-12-25)15-17-5-4-6-18(13-17)22-20(26)23-19-8-7-16(2)21-14-19/h4-8,13-14H,3,9-12,15H2,1-2H3,(H2,22,23,26). The first-order valence-corrected chi connectivity index (χ1v) is 11.3. The predicted molar refractivity (Wildman–Crippen MR) is 114 cm³/mol. The van der Waals surface area contributed by atoms with Crippen LogP contribution < -0.4 is 10.6 Å². The molecule has 1 saturated heterocycles.